The molecular weight excluding hydrogens is 685 g/mol. The second kappa shape index (κ2) is 14.1. The van der Waals surface area contributed by atoms with E-state index in [9.17, 15) is 37.7 Å². The van der Waals surface area contributed by atoms with Gasteiger partial charge < -0.3 is 30.2 Å². The molecule has 4 N–H and O–H groups in total. The summed E-state index contributed by atoms with van der Waals surface area (Å²) in [4.78, 5) is 75.9. The summed E-state index contributed by atoms with van der Waals surface area (Å²) in [6.45, 7) is 5.47. The zero-order valence-corrected chi connectivity index (χ0v) is 29.4. The van der Waals surface area contributed by atoms with Crippen LogP contribution < -0.4 is 10.6 Å². The molecule has 2 aliphatic heterocycles. The van der Waals surface area contributed by atoms with Gasteiger partial charge in [-0.15, -0.1) is 11.3 Å². The molecule has 0 aliphatic carbocycles. The summed E-state index contributed by atoms with van der Waals surface area (Å²) in [5.41, 5.74) is 0.0482. The van der Waals surface area contributed by atoms with Gasteiger partial charge in [0, 0.05) is 42.0 Å². The Kier molecular flexibility index (Phi) is 10.1. The standard InChI is InChI=1S/C36H37F2N4O6PS/c1-20-15-24(23-7-5-4-6-8-23)16-21(2)32(20)40-33(44)29-11-10-27-13-14-41(22(3)43)19-28(35(46)42(27)29)39-34(45)31-18-25-17-26(9-12-30(25)50-31)36(37,38)49(47)48/h4-9,12,15-18,27-29,47-48H,10-11,13-14,19H2,1-3H3,(H,39,45)(H,40,44)/t27-,28+,29+/m1/s1. The molecule has 3 aromatic carbocycles. The van der Waals surface area contributed by atoms with E-state index in [4.69, 9.17) is 0 Å². The van der Waals surface area contributed by atoms with Gasteiger partial charge in [0.05, 0.1) is 4.88 Å². The molecule has 262 valence electrons. The van der Waals surface area contributed by atoms with Gasteiger partial charge in [0.25, 0.3) is 5.91 Å². The van der Waals surface area contributed by atoms with Gasteiger partial charge in [-0.2, -0.15) is 8.78 Å². The van der Waals surface area contributed by atoms with Crippen LogP contribution in [-0.4, -0.2) is 74.4 Å². The number of carbonyl (C=O) groups is 4. The van der Waals surface area contributed by atoms with Crippen molar-refractivity contribution in [2.24, 2.45) is 0 Å². The number of hydrogen-bond donors (Lipinski definition) is 4. The Bertz CT molecular complexity index is 1950. The zero-order valence-electron chi connectivity index (χ0n) is 27.7. The molecule has 0 saturated carbocycles. The first-order valence-corrected chi connectivity index (χ1v) is 18.3. The molecule has 14 heteroatoms. The van der Waals surface area contributed by atoms with Crippen LogP contribution in [0.1, 0.15) is 52.5 Å². The number of amides is 4. The van der Waals surface area contributed by atoms with E-state index in [1.807, 2.05) is 56.3 Å². The van der Waals surface area contributed by atoms with E-state index >= 15 is 0 Å². The normalized spacial score (nSPS) is 19.7. The third-order valence-electron chi connectivity index (χ3n) is 9.47. The number of aryl methyl sites for hydroxylation is 2. The first-order valence-electron chi connectivity index (χ1n) is 16.2. The molecule has 0 spiro atoms. The minimum Gasteiger partial charge on any atom is -0.346 e. The quantitative estimate of drug-likeness (QED) is 0.176. The van der Waals surface area contributed by atoms with Gasteiger partial charge >= 0.3 is 5.66 Å². The topological polar surface area (TPSA) is 139 Å². The van der Waals surface area contributed by atoms with Crippen molar-refractivity contribution >= 4 is 59.1 Å². The van der Waals surface area contributed by atoms with E-state index in [1.54, 1.807) is 4.90 Å². The fourth-order valence-electron chi connectivity index (χ4n) is 6.88. The van der Waals surface area contributed by atoms with Crippen LogP contribution in [0.15, 0.2) is 66.7 Å². The van der Waals surface area contributed by atoms with Crippen molar-refractivity contribution in [3.63, 3.8) is 0 Å². The maximum atomic E-state index is 14.3. The van der Waals surface area contributed by atoms with E-state index in [2.05, 4.69) is 10.6 Å². The molecule has 1 aromatic heterocycles. The molecule has 4 amide bonds. The summed E-state index contributed by atoms with van der Waals surface area (Å²) in [5.74, 6) is -1.72. The highest BCUT2D eigenvalue weighted by Gasteiger charge is 2.45. The van der Waals surface area contributed by atoms with Crippen LogP contribution in [-0.2, 0) is 20.0 Å². The van der Waals surface area contributed by atoms with Crippen LogP contribution in [0.25, 0.3) is 21.2 Å². The van der Waals surface area contributed by atoms with Crippen molar-refractivity contribution in [2.45, 2.75) is 63.8 Å². The molecule has 10 nitrogen and oxygen atoms in total. The number of nitrogens with one attached hydrogen (secondary N) is 2. The van der Waals surface area contributed by atoms with Crippen molar-refractivity contribution < 1.29 is 37.7 Å². The third-order valence-corrected chi connectivity index (χ3v) is 11.3. The lowest BCUT2D eigenvalue weighted by Crippen LogP contribution is -2.60. The van der Waals surface area contributed by atoms with Crippen LogP contribution in [0.3, 0.4) is 0 Å². The molecule has 50 heavy (non-hydrogen) atoms. The van der Waals surface area contributed by atoms with Crippen molar-refractivity contribution in [1.29, 1.82) is 0 Å². The Balaban J connectivity index is 1.24. The predicted molar refractivity (Wildman–Crippen MR) is 189 cm³/mol. The summed E-state index contributed by atoms with van der Waals surface area (Å²) < 4.78 is 29.1. The first kappa shape index (κ1) is 35.5. The lowest BCUT2D eigenvalue weighted by atomic mass is 9.98. The predicted octanol–water partition coefficient (Wildman–Crippen LogP) is 5.88. The number of alkyl halides is 2. The SMILES string of the molecule is CC(=O)N1CC[C@H]2CC[C@@H](C(=O)Nc3c(C)cc(-c4ccccc4)cc3C)N2C(=O)[C@@H](NC(=O)c2cc3cc(C(F)(F)P(O)O)ccc3s2)C1. The fraction of sp³-hybridized carbons (Fsp3) is 0.333. The number of rotatable bonds is 7. The summed E-state index contributed by atoms with van der Waals surface area (Å²) in [5, 5.41) is 6.11. The second-order valence-corrected chi connectivity index (χ2v) is 15.0. The van der Waals surface area contributed by atoms with Gasteiger partial charge in [0.2, 0.25) is 26.1 Å². The minimum atomic E-state index is -3.85. The number of anilines is 1. The minimum absolute atomic E-state index is 0.103. The van der Waals surface area contributed by atoms with E-state index in [0.29, 0.717) is 41.6 Å². The molecule has 6 rings (SSSR count). The molecule has 2 fully saturated rings. The molecule has 4 aromatic rings. The number of hydrogen-bond acceptors (Lipinski definition) is 7. The first-order chi connectivity index (χ1) is 23.7. The number of halogens is 2. The number of thiophene rings is 1. The Morgan fingerprint density at radius 2 is 1.64 bits per heavy atom. The van der Waals surface area contributed by atoms with E-state index < -0.39 is 43.5 Å². The number of nitrogens with zero attached hydrogens (tertiary/aromatic N) is 2. The fourth-order valence-corrected chi connectivity index (χ4v) is 8.19. The Morgan fingerprint density at radius 3 is 2.30 bits per heavy atom. The van der Waals surface area contributed by atoms with E-state index in [-0.39, 0.29) is 29.3 Å². The van der Waals surface area contributed by atoms with Crippen LogP contribution >= 0.6 is 19.7 Å². The Hall–Kier alpha value is -4.29. The second-order valence-electron chi connectivity index (χ2n) is 12.8. The number of fused-ring (bicyclic) bond motifs is 2. The largest absolute Gasteiger partial charge is 0.346 e. The highest BCUT2D eigenvalue weighted by atomic mass is 32.1. The summed E-state index contributed by atoms with van der Waals surface area (Å²) in [7, 11) is -3.57. The molecule has 2 aliphatic rings. The van der Waals surface area contributed by atoms with Gasteiger partial charge in [-0.05, 0) is 91.1 Å². The zero-order chi connectivity index (χ0) is 35.9. The van der Waals surface area contributed by atoms with Gasteiger partial charge in [0.1, 0.15) is 12.1 Å². The smallest absolute Gasteiger partial charge is 0.339 e. The third kappa shape index (κ3) is 7.00. The van der Waals surface area contributed by atoms with Crippen molar-refractivity contribution in [1.82, 2.24) is 15.1 Å². The Morgan fingerprint density at radius 1 is 0.940 bits per heavy atom. The average molecular weight is 723 g/mol. The molecule has 2 saturated heterocycles. The lowest BCUT2D eigenvalue weighted by Gasteiger charge is -2.38. The molecule has 3 heterocycles. The van der Waals surface area contributed by atoms with Crippen LogP contribution in [0.2, 0.25) is 0 Å². The Labute approximate surface area is 293 Å². The van der Waals surface area contributed by atoms with Gasteiger partial charge in [-0.25, -0.2) is 0 Å². The summed E-state index contributed by atoms with van der Waals surface area (Å²) in [6.07, 6.45) is 1.44. The van der Waals surface area contributed by atoms with Crippen LogP contribution in [0.5, 0.6) is 0 Å². The molecular formula is C36H37F2N4O6PS. The molecule has 0 bridgehead atoms. The summed E-state index contributed by atoms with van der Waals surface area (Å²) >= 11 is 1.02. The molecule has 0 radical (unpaired) electrons. The maximum Gasteiger partial charge on any atom is 0.339 e. The monoisotopic (exact) mass is 722 g/mol. The maximum absolute atomic E-state index is 14.3. The van der Waals surface area contributed by atoms with Crippen LogP contribution in [0, 0.1) is 13.8 Å². The van der Waals surface area contributed by atoms with Crippen molar-refractivity contribution in [3.8, 4) is 11.1 Å². The van der Waals surface area contributed by atoms with Gasteiger partial charge in [-0.1, -0.05) is 36.4 Å². The highest BCUT2D eigenvalue weighted by molar-refractivity contribution is 7.46. The van der Waals surface area contributed by atoms with E-state index in [1.165, 1.54) is 24.0 Å². The lowest BCUT2D eigenvalue weighted by molar-refractivity contribution is -0.143. The average Bonchev–Trinajstić information content (AvgIpc) is 3.71. The van der Waals surface area contributed by atoms with Crippen LogP contribution in [0.4, 0.5) is 14.5 Å². The summed E-state index contributed by atoms with van der Waals surface area (Å²) in [6, 6.07) is 16.6. The van der Waals surface area contributed by atoms with E-state index in [0.717, 1.165) is 45.7 Å². The van der Waals surface area contributed by atoms with Crippen molar-refractivity contribution in [3.05, 3.63) is 88.3 Å². The number of benzene rings is 3. The molecule has 3 atom stereocenters. The van der Waals surface area contributed by atoms with Gasteiger partial charge in [-0.3, -0.25) is 19.2 Å². The van der Waals surface area contributed by atoms with Gasteiger partial charge in [0.15, 0.2) is 0 Å². The molecule has 0 unspecified atom stereocenters. The highest BCUT2D eigenvalue weighted by Crippen LogP contribution is 2.53. The number of carbonyl (C=O) groups excluding carboxylic acids is 4. The van der Waals surface area contributed by atoms with Crippen molar-refractivity contribution in [2.75, 3.05) is 18.4 Å².